The molecule has 6 nitrogen and oxygen atoms in total. The van der Waals surface area contributed by atoms with Gasteiger partial charge in [-0.3, -0.25) is 9.10 Å². The van der Waals surface area contributed by atoms with Gasteiger partial charge in [-0.1, -0.05) is 30.3 Å². The molecule has 0 aromatic heterocycles. The van der Waals surface area contributed by atoms with E-state index in [0.717, 1.165) is 15.4 Å². The third-order valence-corrected chi connectivity index (χ3v) is 6.51. The number of sulfonamides is 1. The third-order valence-electron chi connectivity index (χ3n) is 4.72. The van der Waals surface area contributed by atoms with Crippen LogP contribution >= 0.6 is 0 Å². The molecule has 0 fully saturated rings. The molecule has 1 amide bonds. The van der Waals surface area contributed by atoms with Crippen LogP contribution in [0.1, 0.15) is 18.1 Å². The molecule has 0 bridgehead atoms. The number of nitrogens with one attached hydrogen (secondary N) is 1. The number of amides is 1. The Kier molecular flexibility index (Phi) is 6.97. The number of carbonyl (C=O) groups is 1. The highest BCUT2D eigenvalue weighted by atomic mass is 32.2. The Balaban J connectivity index is 1.91. The second kappa shape index (κ2) is 9.66. The van der Waals surface area contributed by atoms with E-state index in [0.29, 0.717) is 23.7 Å². The van der Waals surface area contributed by atoms with Crippen molar-refractivity contribution in [3.05, 3.63) is 83.9 Å². The van der Waals surface area contributed by atoms with E-state index in [2.05, 4.69) is 5.32 Å². The van der Waals surface area contributed by atoms with Crippen LogP contribution in [0.2, 0.25) is 0 Å². The summed E-state index contributed by atoms with van der Waals surface area (Å²) < 4.78 is 33.3. The molecule has 0 unspecified atom stereocenters. The van der Waals surface area contributed by atoms with Gasteiger partial charge in [-0.15, -0.1) is 0 Å². The number of anilines is 2. The zero-order valence-electron chi connectivity index (χ0n) is 17.8. The average Bonchev–Trinajstić information content (AvgIpc) is 2.76. The number of carbonyl (C=O) groups excluding carboxylic acids is 1. The Morgan fingerprint density at radius 1 is 0.968 bits per heavy atom. The number of rotatable bonds is 8. The summed E-state index contributed by atoms with van der Waals surface area (Å²) in [5, 5.41) is 2.84. The lowest BCUT2D eigenvalue weighted by Crippen LogP contribution is -2.38. The molecule has 1 N–H and O–H groups in total. The molecule has 3 rings (SSSR count). The van der Waals surface area contributed by atoms with Crippen LogP contribution in [0.15, 0.2) is 77.7 Å². The van der Waals surface area contributed by atoms with Crippen molar-refractivity contribution >= 4 is 27.3 Å². The molecule has 0 radical (unpaired) electrons. The molecule has 0 aliphatic carbocycles. The topological polar surface area (TPSA) is 75.7 Å². The quantitative estimate of drug-likeness (QED) is 0.560. The fourth-order valence-electron chi connectivity index (χ4n) is 3.10. The predicted octanol–water partition coefficient (Wildman–Crippen LogP) is 4.54. The molecular formula is C24H26N2O4S. The van der Waals surface area contributed by atoms with Gasteiger partial charge in [0.05, 0.1) is 17.2 Å². The molecule has 7 heteroatoms. The fraction of sp³-hybridized carbons (Fsp3) is 0.208. The lowest BCUT2D eigenvalue weighted by atomic mass is 10.1. The lowest BCUT2D eigenvalue weighted by molar-refractivity contribution is -0.114. The Labute approximate surface area is 183 Å². The first-order valence-electron chi connectivity index (χ1n) is 9.99. The smallest absolute Gasteiger partial charge is 0.264 e. The van der Waals surface area contributed by atoms with E-state index in [4.69, 9.17) is 4.74 Å². The molecule has 3 aromatic carbocycles. The van der Waals surface area contributed by atoms with Gasteiger partial charge in [-0.25, -0.2) is 8.42 Å². The van der Waals surface area contributed by atoms with Gasteiger partial charge in [0.15, 0.2) is 0 Å². The summed E-state index contributed by atoms with van der Waals surface area (Å²) >= 11 is 0. The van der Waals surface area contributed by atoms with Crippen molar-refractivity contribution < 1.29 is 17.9 Å². The summed E-state index contributed by atoms with van der Waals surface area (Å²) in [6, 6.07) is 20.5. The van der Waals surface area contributed by atoms with E-state index in [1.54, 1.807) is 42.5 Å². The predicted molar refractivity (Wildman–Crippen MR) is 123 cm³/mol. The Bertz CT molecular complexity index is 1140. The van der Waals surface area contributed by atoms with Gasteiger partial charge in [-0.2, -0.15) is 0 Å². The van der Waals surface area contributed by atoms with Crippen LogP contribution in [-0.4, -0.2) is 27.5 Å². The molecule has 3 aromatic rings. The second-order valence-electron chi connectivity index (χ2n) is 7.12. The summed E-state index contributed by atoms with van der Waals surface area (Å²) in [7, 11) is -3.97. The van der Waals surface area contributed by atoms with Gasteiger partial charge in [0.2, 0.25) is 5.91 Å². The maximum Gasteiger partial charge on any atom is 0.264 e. The standard InChI is InChI=1S/C24H26N2O4S/c1-4-30-21-12-14-22(15-13-21)31(28,29)26(20-8-6-5-7-9-20)17-24(27)25-23-16-18(2)10-11-19(23)3/h5-16H,4,17H2,1-3H3,(H,25,27). The van der Waals surface area contributed by atoms with E-state index < -0.39 is 15.9 Å². The summed E-state index contributed by atoms with van der Waals surface area (Å²) in [6.07, 6.45) is 0. The molecule has 0 heterocycles. The van der Waals surface area contributed by atoms with Gasteiger partial charge in [0, 0.05) is 5.69 Å². The summed E-state index contributed by atoms with van der Waals surface area (Å²) in [5.41, 5.74) is 2.98. The van der Waals surface area contributed by atoms with E-state index in [1.165, 1.54) is 12.1 Å². The van der Waals surface area contributed by atoms with E-state index in [1.807, 2.05) is 39.0 Å². The van der Waals surface area contributed by atoms with Gasteiger partial charge in [0.1, 0.15) is 12.3 Å². The number of hydrogen-bond donors (Lipinski definition) is 1. The molecule has 0 aliphatic heterocycles. The molecule has 0 atom stereocenters. The maximum atomic E-state index is 13.4. The Hall–Kier alpha value is -3.32. The first kappa shape index (κ1) is 22.4. The third kappa shape index (κ3) is 5.44. The van der Waals surface area contributed by atoms with Gasteiger partial charge in [-0.05, 0) is 74.4 Å². The molecule has 162 valence electrons. The van der Waals surface area contributed by atoms with Crippen molar-refractivity contribution in [2.75, 3.05) is 22.8 Å². The zero-order chi connectivity index (χ0) is 22.4. The van der Waals surface area contributed by atoms with Gasteiger partial charge >= 0.3 is 0 Å². The van der Waals surface area contributed by atoms with E-state index in [9.17, 15) is 13.2 Å². The van der Waals surface area contributed by atoms with E-state index >= 15 is 0 Å². The number of para-hydroxylation sites is 1. The number of aryl methyl sites for hydroxylation is 2. The molecule has 0 spiro atoms. The van der Waals surface area contributed by atoms with Crippen LogP contribution in [0.3, 0.4) is 0 Å². The largest absolute Gasteiger partial charge is 0.494 e. The first-order valence-corrected chi connectivity index (χ1v) is 11.4. The van der Waals surface area contributed by atoms with Crippen molar-refractivity contribution in [3.8, 4) is 5.75 Å². The molecule has 0 saturated carbocycles. The fourth-order valence-corrected chi connectivity index (χ4v) is 4.52. The van der Waals surface area contributed by atoms with Gasteiger partial charge in [0.25, 0.3) is 10.0 Å². The van der Waals surface area contributed by atoms with Crippen LogP contribution in [0, 0.1) is 13.8 Å². The number of nitrogens with zero attached hydrogens (tertiary/aromatic N) is 1. The summed E-state index contributed by atoms with van der Waals surface area (Å²) in [4.78, 5) is 12.9. The highest BCUT2D eigenvalue weighted by Gasteiger charge is 2.27. The lowest BCUT2D eigenvalue weighted by Gasteiger charge is -2.24. The van der Waals surface area contributed by atoms with Crippen molar-refractivity contribution in [3.63, 3.8) is 0 Å². The van der Waals surface area contributed by atoms with Crippen LogP contribution < -0.4 is 14.4 Å². The molecular weight excluding hydrogens is 412 g/mol. The normalized spacial score (nSPS) is 11.1. The highest BCUT2D eigenvalue weighted by Crippen LogP contribution is 2.25. The summed E-state index contributed by atoms with van der Waals surface area (Å²) in [5.74, 6) is 0.160. The number of ether oxygens (including phenoxy) is 1. The molecule has 0 saturated heterocycles. The van der Waals surface area contributed by atoms with E-state index in [-0.39, 0.29) is 11.4 Å². The first-order chi connectivity index (χ1) is 14.8. The van der Waals surface area contributed by atoms with Crippen LogP contribution in [-0.2, 0) is 14.8 Å². The Morgan fingerprint density at radius 2 is 1.65 bits per heavy atom. The molecule has 0 aliphatic rings. The van der Waals surface area contributed by atoms with Crippen molar-refractivity contribution in [1.29, 1.82) is 0 Å². The maximum absolute atomic E-state index is 13.4. The average molecular weight is 439 g/mol. The van der Waals surface area contributed by atoms with Crippen molar-refractivity contribution in [1.82, 2.24) is 0 Å². The van der Waals surface area contributed by atoms with Crippen LogP contribution in [0.4, 0.5) is 11.4 Å². The zero-order valence-corrected chi connectivity index (χ0v) is 18.6. The minimum Gasteiger partial charge on any atom is -0.494 e. The van der Waals surface area contributed by atoms with Crippen molar-refractivity contribution in [2.45, 2.75) is 25.7 Å². The minimum atomic E-state index is -3.97. The van der Waals surface area contributed by atoms with Crippen LogP contribution in [0.5, 0.6) is 5.75 Å². The highest BCUT2D eigenvalue weighted by molar-refractivity contribution is 7.92. The molecule has 31 heavy (non-hydrogen) atoms. The van der Waals surface area contributed by atoms with Crippen LogP contribution in [0.25, 0.3) is 0 Å². The Morgan fingerprint density at radius 3 is 2.29 bits per heavy atom. The SMILES string of the molecule is CCOc1ccc(S(=O)(=O)N(CC(=O)Nc2cc(C)ccc2C)c2ccccc2)cc1. The summed E-state index contributed by atoms with van der Waals surface area (Å²) in [6.45, 7) is 5.81. The number of benzene rings is 3. The number of hydrogen-bond acceptors (Lipinski definition) is 4. The minimum absolute atomic E-state index is 0.0827. The monoisotopic (exact) mass is 438 g/mol. The van der Waals surface area contributed by atoms with Crippen molar-refractivity contribution in [2.24, 2.45) is 0 Å². The van der Waals surface area contributed by atoms with Gasteiger partial charge < -0.3 is 10.1 Å². The second-order valence-corrected chi connectivity index (χ2v) is 8.98.